The molecule has 0 spiro atoms. The highest BCUT2D eigenvalue weighted by atomic mass is 16.7. The predicted molar refractivity (Wildman–Crippen MR) is 302 cm³/mol. The van der Waals surface area contributed by atoms with Crippen LogP contribution in [0.1, 0.15) is 98.3 Å². The first-order chi connectivity index (χ1) is 39.3. The van der Waals surface area contributed by atoms with E-state index in [0.717, 1.165) is 7.11 Å². The summed E-state index contributed by atoms with van der Waals surface area (Å²) in [4.78, 5) is 63.9. The molecule has 3 rings (SSSR count). The number of amides is 3. The molecule has 0 radical (unpaired) electrons. The fraction of sp³-hybridized carbons (Fsp3) is 0.672. The molecule has 0 saturated carbocycles. The van der Waals surface area contributed by atoms with Crippen molar-refractivity contribution in [3.63, 3.8) is 0 Å². The van der Waals surface area contributed by atoms with Gasteiger partial charge in [0, 0.05) is 44.1 Å². The Hall–Kier alpha value is -5.07. The topological polar surface area (TPSA) is 422 Å². The largest absolute Gasteiger partial charge is 0.469 e. The highest BCUT2D eigenvalue weighted by molar-refractivity contribution is 5.88. The number of cyclic esters (lactones) is 1. The minimum atomic E-state index is -2.38. The first kappa shape index (κ1) is 72.2. The van der Waals surface area contributed by atoms with Crippen molar-refractivity contribution < 1.29 is 98.7 Å². The second-order valence-electron chi connectivity index (χ2n) is 21.6. The molecule has 20 atom stereocenters. The maximum Gasteiger partial charge on any atom is 0.313 e. The van der Waals surface area contributed by atoms with Gasteiger partial charge >= 0.3 is 11.9 Å². The van der Waals surface area contributed by atoms with Gasteiger partial charge in [0.15, 0.2) is 12.1 Å². The lowest BCUT2D eigenvalue weighted by molar-refractivity contribution is -0.309. The first-order valence-corrected chi connectivity index (χ1v) is 28.4. The molecule has 2 saturated heterocycles. The van der Waals surface area contributed by atoms with E-state index >= 15 is 0 Å². The van der Waals surface area contributed by atoms with Crippen molar-refractivity contribution in [1.29, 1.82) is 0 Å². The van der Waals surface area contributed by atoms with Crippen molar-refractivity contribution >= 4 is 29.7 Å². The lowest BCUT2D eigenvalue weighted by atomic mass is 9.82. The number of fused-ring (bicyclic) bond motifs is 2. The van der Waals surface area contributed by atoms with E-state index in [1.165, 1.54) is 13.0 Å². The Bertz CT molecular complexity index is 2210. The second kappa shape index (κ2) is 37.4. The summed E-state index contributed by atoms with van der Waals surface area (Å²) in [6, 6.07) is -2.65. The van der Waals surface area contributed by atoms with Crippen molar-refractivity contribution in [2.45, 2.75) is 202 Å². The Morgan fingerprint density at radius 2 is 1.29 bits per heavy atom. The van der Waals surface area contributed by atoms with E-state index in [0.29, 0.717) is 12.8 Å². The number of carbonyl (C=O) groups is 5. The molecule has 17 N–H and O–H groups in total. The summed E-state index contributed by atoms with van der Waals surface area (Å²) in [7, 11) is 1.08. The molecule has 0 unspecified atom stereocenters. The van der Waals surface area contributed by atoms with Crippen LogP contribution in [0.4, 0.5) is 0 Å². The van der Waals surface area contributed by atoms with Gasteiger partial charge in [0.2, 0.25) is 17.7 Å². The predicted octanol–water partition coefficient (Wildman–Crippen LogP) is -1.35. The number of nitrogens with one attached hydrogen (secondary N) is 3. The van der Waals surface area contributed by atoms with Crippen LogP contribution in [-0.2, 0) is 47.7 Å². The van der Waals surface area contributed by atoms with E-state index in [1.807, 2.05) is 6.92 Å². The van der Waals surface area contributed by atoms with E-state index in [1.54, 1.807) is 92.8 Å². The van der Waals surface area contributed by atoms with Crippen molar-refractivity contribution in [1.82, 2.24) is 16.0 Å². The molecule has 0 aliphatic carbocycles. The van der Waals surface area contributed by atoms with Crippen LogP contribution in [0.3, 0.4) is 0 Å². The maximum absolute atomic E-state index is 13.8. The fourth-order valence-electron chi connectivity index (χ4n) is 9.79. The van der Waals surface area contributed by atoms with E-state index < -0.39 is 171 Å². The number of hydrogen-bond acceptors (Lipinski definition) is 22. The second-order valence-corrected chi connectivity index (χ2v) is 21.6. The number of hydrogen-bond donors (Lipinski definition) is 15. The molecule has 0 aromatic carbocycles. The minimum Gasteiger partial charge on any atom is -0.469 e. The van der Waals surface area contributed by atoms with Crippen LogP contribution in [0, 0.1) is 17.8 Å². The summed E-state index contributed by atoms with van der Waals surface area (Å²) in [6.45, 7) is 6.23. The number of esters is 2. The monoisotopic (exact) mass is 1180 g/mol. The number of ether oxygens (including phenoxy) is 5. The fourth-order valence-corrected chi connectivity index (χ4v) is 9.79. The Balaban J connectivity index is 1.97. The van der Waals surface area contributed by atoms with Gasteiger partial charge in [0.25, 0.3) is 0 Å². The Morgan fingerprint density at radius 1 is 0.687 bits per heavy atom. The summed E-state index contributed by atoms with van der Waals surface area (Å²) in [5.74, 6) is -8.15. The summed E-state index contributed by atoms with van der Waals surface area (Å²) >= 11 is 0. The number of aliphatic hydroxyl groups is 10. The lowest BCUT2D eigenvalue weighted by Gasteiger charge is -2.46. The molecule has 3 amide bonds. The Labute approximate surface area is 485 Å². The summed E-state index contributed by atoms with van der Waals surface area (Å²) in [6.07, 6.45) is 2.30. The maximum atomic E-state index is 13.8. The molecule has 3 aliphatic rings. The Kier molecular flexibility index (Phi) is 32.5. The average Bonchev–Trinajstić information content (AvgIpc) is 3.48. The van der Waals surface area contributed by atoms with E-state index in [4.69, 9.17) is 35.2 Å². The third-order valence-corrected chi connectivity index (χ3v) is 14.7. The van der Waals surface area contributed by atoms with E-state index in [2.05, 4.69) is 16.0 Å². The van der Waals surface area contributed by atoms with Gasteiger partial charge < -0.3 is 102 Å². The molecule has 0 aromatic heterocycles. The van der Waals surface area contributed by atoms with E-state index in [9.17, 15) is 75.0 Å². The minimum absolute atomic E-state index is 0.0756. The molecular formula is C58H93N5O20. The number of rotatable bonds is 13. The van der Waals surface area contributed by atoms with Crippen LogP contribution in [0.5, 0.6) is 0 Å². The molecule has 3 aliphatic heterocycles. The number of methoxy groups -OCH3 is 1. The highest BCUT2D eigenvalue weighted by Gasteiger charge is 2.52. The average molecular weight is 1180 g/mol. The third kappa shape index (κ3) is 25.6. The summed E-state index contributed by atoms with van der Waals surface area (Å²) < 4.78 is 28.9. The lowest BCUT2D eigenvalue weighted by Crippen LogP contribution is -2.66. The molecule has 25 nitrogen and oxygen atoms in total. The van der Waals surface area contributed by atoms with Gasteiger partial charge in [-0.25, -0.2) is 0 Å². The van der Waals surface area contributed by atoms with Crippen molar-refractivity contribution in [2.24, 2.45) is 29.2 Å². The van der Waals surface area contributed by atoms with Crippen LogP contribution in [0.25, 0.3) is 0 Å². The summed E-state index contributed by atoms with van der Waals surface area (Å²) in [5.41, 5.74) is 10.9. The number of nitrogens with two attached hydrogens (primary N) is 2. The zero-order chi connectivity index (χ0) is 61.8. The molecule has 3 heterocycles. The van der Waals surface area contributed by atoms with Crippen molar-refractivity contribution in [3.8, 4) is 0 Å². The molecule has 2 fully saturated rings. The van der Waals surface area contributed by atoms with Crippen molar-refractivity contribution in [3.05, 3.63) is 85.1 Å². The van der Waals surface area contributed by atoms with Gasteiger partial charge in [-0.1, -0.05) is 98.9 Å². The molecule has 2 bridgehead atoms. The molecule has 25 heteroatoms. The van der Waals surface area contributed by atoms with Gasteiger partial charge in [-0.3, -0.25) is 24.0 Å². The number of allylic oxidation sites excluding steroid dienone is 12. The van der Waals surface area contributed by atoms with Gasteiger partial charge in [-0.2, -0.15) is 0 Å². The molecule has 83 heavy (non-hydrogen) atoms. The molecular weight excluding hydrogens is 1090 g/mol. The quantitative estimate of drug-likeness (QED) is 0.0748. The van der Waals surface area contributed by atoms with Crippen LogP contribution >= 0.6 is 0 Å². The van der Waals surface area contributed by atoms with Gasteiger partial charge in [-0.15, -0.1) is 0 Å². The van der Waals surface area contributed by atoms with Crippen molar-refractivity contribution in [2.75, 3.05) is 26.7 Å². The highest BCUT2D eigenvalue weighted by Crippen LogP contribution is 2.39. The normalized spacial score (nSPS) is 38.3. The smallest absolute Gasteiger partial charge is 0.313 e. The Morgan fingerprint density at radius 3 is 1.89 bits per heavy atom. The number of carbonyl (C=O) groups excluding carboxylic acids is 5. The number of unbranched alkanes of at least 4 members (excludes halogenated alkanes) is 1. The standard InChI is InChI=1S/C58H93N5O20/c1-34-20-16-14-12-10-8-6-7-9-11-13-15-17-21-41(82-57-54(75)51(53(74)37(4)81-57)63-55(76)42(62-48(71)33-60)22-18-19-25-61-47(70)32-59)29-46-50(56(77)79-5)45(69)31-58(78,83-46)30-40(66)27-44(68)43(67)24-23-38(64)26-39(65)28-49(72)80-36(3)35(2)52(34)73/h6-17,20-21,34-46,50-54,57,64-69,73-75,78H,18-19,22-33,59-60H2,1-5H3,(H,61,70)(H,62,71)(H,63,76)/b7-6+,10-8+,11-9+,14-12+,15-13+,20-16+,21-17+/t34-,35-,36-,37+,38+,39+,40-,41-,42+,43+,44+,45-,46-,50+,51-,52+,53+,54-,57-,58+/m0/s1. The van der Waals surface area contributed by atoms with Crippen LogP contribution in [0.15, 0.2) is 85.1 Å². The van der Waals surface area contributed by atoms with Crippen LogP contribution < -0.4 is 27.4 Å². The molecule has 0 aromatic rings. The molecule has 470 valence electrons. The third-order valence-electron chi connectivity index (χ3n) is 14.7. The van der Waals surface area contributed by atoms with Crippen LogP contribution in [0.2, 0.25) is 0 Å². The number of aliphatic hydroxyl groups excluding tert-OH is 9. The SMILES string of the molecule is COC(=O)[C@H]1[C@@H]2C[C@@H](O[C@@H]3O[C@H](C)[C@@H](O)[C@H](NC(=O)[C@@H](CCCCNC(=O)CN)NC(=O)CN)[C@@H]3O)/C=C/C=C/C=C/C=C/C=C/C=C/C=C/[C@H](C)[C@@H](O)[C@@H](C)[C@H](C)OC(=O)C[C@H](O)C[C@H](O)CC[C@@H](O)[C@H](O)C[C@H](O)C[C@](O)(C[C@@H]1O)O2. The van der Waals surface area contributed by atoms with Gasteiger partial charge in [0.1, 0.15) is 30.3 Å². The summed E-state index contributed by atoms with van der Waals surface area (Å²) in [5, 5.41) is 119. The van der Waals surface area contributed by atoms with Gasteiger partial charge in [-0.05, 0) is 52.4 Å². The first-order valence-electron chi connectivity index (χ1n) is 28.4. The van der Waals surface area contributed by atoms with Crippen LogP contribution in [-0.4, -0.2) is 211 Å². The zero-order valence-corrected chi connectivity index (χ0v) is 48.2. The zero-order valence-electron chi connectivity index (χ0n) is 48.2. The van der Waals surface area contributed by atoms with E-state index in [-0.39, 0.29) is 57.0 Å². The van der Waals surface area contributed by atoms with Gasteiger partial charge in [0.05, 0.1) is 93.7 Å².